The first-order valence-corrected chi connectivity index (χ1v) is 9.19. The Balaban J connectivity index is 1.52. The average molecular weight is 381 g/mol. The number of hydrogen-bond donors (Lipinski definition) is 2. The van der Waals surface area contributed by atoms with Gasteiger partial charge in [0.05, 0.1) is 32.5 Å². The lowest BCUT2D eigenvalue weighted by atomic mass is 10.0. The third kappa shape index (κ3) is 3.63. The minimum atomic E-state index is -0.106. The zero-order chi connectivity index (χ0) is 19.5. The van der Waals surface area contributed by atoms with Gasteiger partial charge in [-0.25, -0.2) is 9.67 Å². The zero-order valence-corrected chi connectivity index (χ0v) is 15.9. The van der Waals surface area contributed by atoms with Crippen LogP contribution in [-0.4, -0.2) is 54.5 Å². The van der Waals surface area contributed by atoms with Crippen molar-refractivity contribution in [2.45, 2.75) is 6.54 Å². The van der Waals surface area contributed by atoms with E-state index >= 15 is 0 Å². The van der Waals surface area contributed by atoms with E-state index in [0.717, 1.165) is 41.2 Å². The molecule has 2 N–H and O–H groups in total. The Morgan fingerprint density at radius 2 is 2.11 bits per heavy atom. The van der Waals surface area contributed by atoms with E-state index in [9.17, 15) is 4.79 Å². The molecule has 0 radical (unpaired) electrons. The van der Waals surface area contributed by atoms with Crippen LogP contribution in [0.1, 0.15) is 15.9 Å². The molecule has 0 saturated carbocycles. The molecule has 1 aliphatic rings. The number of pyridine rings is 1. The summed E-state index contributed by atoms with van der Waals surface area (Å²) in [6.07, 6.45) is 3.32. The highest BCUT2D eigenvalue weighted by molar-refractivity contribution is 5.96. The highest BCUT2D eigenvalue weighted by atomic mass is 16.5. The quantitative estimate of drug-likeness (QED) is 0.644. The summed E-state index contributed by atoms with van der Waals surface area (Å²) < 4.78 is 12.5. The number of carbonyl (C=O) groups excluding carboxylic acids is 1. The van der Waals surface area contributed by atoms with Crippen molar-refractivity contribution in [1.29, 1.82) is 0 Å². The molecule has 3 aromatic rings. The largest absolute Gasteiger partial charge is 0.497 e. The molecular formula is C20H23N5O3. The van der Waals surface area contributed by atoms with Gasteiger partial charge in [0.25, 0.3) is 5.91 Å². The number of methoxy groups -OCH3 is 2. The molecule has 0 aliphatic carbocycles. The minimum Gasteiger partial charge on any atom is -0.497 e. The van der Waals surface area contributed by atoms with Crippen molar-refractivity contribution in [2.24, 2.45) is 5.92 Å². The fourth-order valence-corrected chi connectivity index (χ4v) is 3.19. The molecule has 0 spiro atoms. The van der Waals surface area contributed by atoms with Crippen LogP contribution >= 0.6 is 0 Å². The van der Waals surface area contributed by atoms with Gasteiger partial charge in [-0.3, -0.25) is 4.79 Å². The van der Waals surface area contributed by atoms with Crippen molar-refractivity contribution >= 4 is 16.9 Å². The Hall–Kier alpha value is -3.13. The number of benzene rings is 1. The van der Waals surface area contributed by atoms with Gasteiger partial charge in [0.1, 0.15) is 11.5 Å². The number of carbonyl (C=O) groups is 1. The lowest BCUT2D eigenvalue weighted by molar-refractivity contribution is 0.0942. The van der Waals surface area contributed by atoms with Crippen LogP contribution < -0.4 is 20.1 Å². The van der Waals surface area contributed by atoms with E-state index in [1.807, 2.05) is 24.3 Å². The van der Waals surface area contributed by atoms with E-state index < -0.39 is 0 Å². The van der Waals surface area contributed by atoms with Crippen LogP contribution in [0.25, 0.3) is 11.0 Å². The van der Waals surface area contributed by atoms with Gasteiger partial charge in [0.15, 0.2) is 5.65 Å². The van der Waals surface area contributed by atoms with Gasteiger partial charge in [-0.05, 0) is 18.2 Å². The summed E-state index contributed by atoms with van der Waals surface area (Å²) in [6.45, 7) is 3.10. The van der Waals surface area contributed by atoms with Gasteiger partial charge >= 0.3 is 0 Å². The predicted octanol–water partition coefficient (Wildman–Crippen LogP) is 1.45. The third-order valence-electron chi connectivity index (χ3n) is 4.97. The Labute approximate surface area is 162 Å². The van der Waals surface area contributed by atoms with E-state index in [4.69, 9.17) is 9.47 Å². The van der Waals surface area contributed by atoms with Crippen molar-refractivity contribution in [1.82, 2.24) is 25.4 Å². The molecule has 1 amide bonds. The van der Waals surface area contributed by atoms with E-state index in [-0.39, 0.29) is 5.91 Å². The number of nitrogens with zero attached hydrogens (tertiary/aromatic N) is 3. The van der Waals surface area contributed by atoms with Crippen LogP contribution in [0.4, 0.5) is 0 Å². The second-order valence-electron chi connectivity index (χ2n) is 6.85. The van der Waals surface area contributed by atoms with Gasteiger partial charge in [-0.15, -0.1) is 0 Å². The molecule has 3 heterocycles. The first-order valence-electron chi connectivity index (χ1n) is 9.19. The zero-order valence-electron chi connectivity index (χ0n) is 15.9. The maximum atomic E-state index is 12.3. The number of fused-ring (bicyclic) bond motifs is 1. The topological polar surface area (TPSA) is 90.3 Å². The third-order valence-corrected chi connectivity index (χ3v) is 4.97. The SMILES string of the molecule is COc1ccc(Cn2ncc3cc(C(=O)NCC4CNC4)cnc32)c(OC)c1. The molecule has 1 fully saturated rings. The van der Waals surface area contributed by atoms with Crippen LogP contribution in [0.5, 0.6) is 11.5 Å². The molecule has 1 saturated heterocycles. The van der Waals surface area contributed by atoms with Crippen LogP contribution in [0.3, 0.4) is 0 Å². The van der Waals surface area contributed by atoms with Crippen LogP contribution in [0, 0.1) is 5.92 Å². The molecule has 0 bridgehead atoms. The van der Waals surface area contributed by atoms with E-state index in [0.29, 0.717) is 24.6 Å². The van der Waals surface area contributed by atoms with Crippen molar-refractivity contribution in [3.05, 3.63) is 47.8 Å². The number of ether oxygens (including phenoxy) is 2. The fraction of sp³-hybridized carbons (Fsp3) is 0.350. The summed E-state index contributed by atoms with van der Waals surface area (Å²) in [4.78, 5) is 16.8. The maximum Gasteiger partial charge on any atom is 0.252 e. The van der Waals surface area contributed by atoms with Gasteiger partial charge in [-0.2, -0.15) is 5.10 Å². The van der Waals surface area contributed by atoms with Crippen molar-refractivity contribution in [3.63, 3.8) is 0 Å². The Morgan fingerprint density at radius 1 is 1.25 bits per heavy atom. The van der Waals surface area contributed by atoms with Gasteiger partial charge in [0, 0.05) is 48.8 Å². The second-order valence-corrected chi connectivity index (χ2v) is 6.85. The lowest BCUT2D eigenvalue weighted by Gasteiger charge is -2.27. The molecule has 4 rings (SSSR count). The first-order chi connectivity index (χ1) is 13.7. The smallest absolute Gasteiger partial charge is 0.252 e. The van der Waals surface area contributed by atoms with Gasteiger partial charge in [-0.1, -0.05) is 0 Å². The summed E-state index contributed by atoms with van der Waals surface area (Å²) in [5, 5.41) is 11.4. The second kappa shape index (κ2) is 7.85. The van der Waals surface area contributed by atoms with Crippen LogP contribution in [0.15, 0.2) is 36.7 Å². The maximum absolute atomic E-state index is 12.3. The molecule has 8 nitrogen and oxygen atoms in total. The molecule has 146 valence electrons. The predicted molar refractivity (Wildman–Crippen MR) is 105 cm³/mol. The number of aromatic nitrogens is 3. The number of nitrogens with one attached hydrogen (secondary N) is 2. The van der Waals surface area contributed by atoms with Crippen LogP contribution in [-0.2, 0) is 6.54 Å². The summed E-state index contributed by atoms with van der Waals surface area (Å²) in [5.41, 5.74) is 2.23. The Morgan fingerprint density at radius 3 is 2.82 bits per heavy atom. The summed E-state index contributed by atoms with van der Waals surface area (Å²) in [5.74, 6) is 1.87. The molecule has 1 aliphatic heterocycles. The molecule has 28 heavy (non-hydrogen) atoms. The van der Waals surface area contributed by atoms with Crippen LogP contribution in [0.2, 0.25) is 0 Å². The highest BCUT2D eigenvalue weighted by Crippen LogP contribution is 2.26. The van der Waals surface area contributed by atoms with Crippen molar-refractivity contribution in [3.8, 4) is 11.5 Å². The number of rotatable bonds is 7. The molecule has 0 atom stereocenters. The van der Waals surface area contributed by atoms with Crippen molar-refractivity contribution in [2.75, 3.05) is 33.9 Å². The van der Waals surface area contributed by atoms with E-state index in [1.54, 1.807) is 31.3 Å². The number of amides is 1. The molecule has 1 aromatic carbocycles. The standard InChI is InChI=1S/C20H23N5O3/c1-27-17-4-3-14(18(6-17)28-2)12-25-19-15(11-24-25)5-16(10-22-19)20(26)23-9-13-7-21-8-13/h3-6,10-11,13,21H,7-9,12H2,1-2H3,(H,23,26). The molecule has 8 heteroatoms. The minimum absolute atomic E-state index is 0.106. The molecule has 2 aromatic heterocycles. The van der Waals surface area contributed by atoms with Gasteiger partial charge in [0.2, 0.25) is 0 Å². The summed E-state index contributed by atoms with van der Waals surface area (Å²) in [6, 6.07) is 7.50. The lowest BCUT2D eigenvalue weighted by Crippen LogP contribution is -2.48. The van der Waals surface area contributed by atoms with E-state index in [2.05, 4.69) is 20.7 Å². The summed E-state index contributed by atoms with van der Waals surface area (Å²) >= 11 is 0. The van der Waals surface area contributed by atoms with E-state index in [1.165, 1.54) is 0 Å². The average Bonchev–Trinajstić information content (AvgIpc) is 3.09. The summed E-state index contributed by atoms with van der Waals surface area (Å²) in [7, 11) is 3.25. The number of hydrogen-bond acceptors (Lipinski definition) is 6. The first kappa shape index (κ1) is 18.2. The Kier molecular flexibility index (Phi) is 5.12. The molecule has 0 unspecified atom stereocenters. The van der Waals surface area contributed by atoms with Crippen molar-refractivity contribution < 1.29 is 14.3 Å². The molecular weight excluding hydrogens is 358 g/mol. The Bertz CT molecular complexity index is 997. The fourth-order valence-electron chi connectivity index (χ4n) is 3.19. The normalized spacial score (nSPS) is 13.9. The monoisotopic (exact) mass is 381 g/mol. The van der Waals surface area contributed by atoms with Gasteiger partial charge < -0.3 is 20.1 Å². The highest BCUT2D eigenvalue weighted by Gasteiger charge is 2.18.